The van der Waals surface area contributed by atoms with Crippen LogP contribution in [0.1, 0.15) is 28.4 Å². The van der Waals surface area contributed by atoms with Gasteiger partial charge in [-0.25, -0.2) is 8.78 Å². The normalized spacial score (nSPS) is 11.1. The van der Waals surface area contributed by atoms with Gasteiger partial charge in [0, 0.05) is 28.7 Å². The molecule has 0 unspecified atom stereocenters. The topological polar surface area (TPSA) is 53.2 Å². The molecule has 4 nitrogen and oxygen atoms in total. The quantitative estimate of drug-likeness (QED) is 0.285. The summed E-state index contributed by atoms with van der Waals surface area (Å²) in [5.74, 6) is -2.69. The Labute approximate surface area is 191 Å². The van der Waals surface area contributed by atoms with Crippen molar-refractivity contribution in [1.29, 1.82) is 0 Å². The van der Waals surface area contributed by atoms with E-state index in [1.165, 1.54) is 24.3 Å². The molecule has 10 heteroatoms. The third kappa shape index (κ3) is 6.26. The average Bonchev–Trinajstić information content (AvgIpc) is 2.75. The Morgan fingerprint density at radius 3 is 2.27 bits per heavy atom. The number of alkyl halides is 3. The van der Waals surface area contributed by atoms with E-state index < -0.39 is 29.3 Å². The maximum atomic E-state index is 13.4. The molecule has 3 aromatic rings. The van der Waals surface area contributed by atoms with Crippen LogP contribution in [0.4, 0.5) is 39.0 Å². The molecule has 0 aromatic heterocycles. The number of hydrogen-bond donors (Lipinski definition) is 3. The summed E-state index contributed by atoms with van der Waals surface area (Å²) in [7, 11) is 0. The van der Waals surface area contributed by atoms with Crippen molar-refractivity contribution in [3.8, 4) is 0 Å². The third-order valence-electron chi connectivity index (χ3n) is 4.63. The summed E-state index contributed by atoms with van der Waals surface area (Å²) < 4.78 is 65.2. The minimum absolute atomic E-state index is 0.0298. The monoisotopic (exact) mass is 479 g/mol. The summed E-state index contributed by atoms with van der Waals surface area (Å²) >= 11 is 5.22. The fourth-order valence-electron chi connectivity index (χ4n) is 2.98. The first-order valence-corrected chi connectivity index (χ1v) is 10.1. The first kappa shape index (κ1) is 24.1. The fourth-order valence-corrected chi connectivity index (χ4v) is 3.21. The van der Waals surface area contributed by atoms with Gasteiger partial charge >= 0.3 is 6.18 Å². The zero-order valence-electron chi connectivity index (χ0n) is 17.2. The number of thiocarbonyl (C=S) groups is 1. The average molecular weight is 479 g/mol. The lowest BCUT2D eigenvalue weighted by atomic mass is 10.1. The molecule has 0 spiro atoms. The van der Waals surface area contributed by atoms with Gasteiger partial charge in [-0.2, -0.15) is 13.2 Å². The highest BCUT2D eigenvalue weighted by atomic mass is 32.1. The molecule has 0 fully saturated rings. The smallest absolute Gasteiger partial charge is 0.332 e. The number of nitrogens with one attached hydrogen (secondary N) is 3. The molecule has 33 heavy (non-hydrogen) atoms. The first-order chi connectivity index (χ1) is 15.6. The Morgan fingerprint density at radius 2 is 1.61 bits per heavy atom. The number of amides is 1. The summed E-state index contributed by atoms with van der Waals surface area (Å²) in [6.07, 6.45) is -3.91. The van der Waals surface area contributed by atoms with Crippen molar-refractivity contribution >= 4 is 40.3 Å². The molecule has 3 rings (SSSR count). The van der Waals surface area contributed by atoms with Gasteiger partial charge in [0.1, 0.15) is 0 Å². The summed E-state index contributed by atoms with van der Waals surface area (Å²) in [5.41, 5.74) is 0.886. The van der Waals surface area contributed by atoms with Gasteiger partial charge in [0.25, 0.3) is 5.91 Å². The number of carbonyl (C=O) groups is 1. The van der Waals surface area contributed by atoms with Crippen LogP contribution in [0, 0.1) is 11.6 Å². The Bertz CT molecular complexity index is 1200. The van der Waals surface area contributed by atoms with Gasteiger partial charge in [0.05, 0.1) is 5.56 Å². The van der Waals surface area contributed by atoms with Gasteiger partial charge in [0.2, 0.25) is 0 Å². The minimum Gasteiger partial charge on any atom is -0.332 e. The molecule has 3 N–H and O–H groups in total. The van der Waals surface area contributed by atoms with E-state index in [0.29, 0.717) is 12.1 Å². The van der Waals surface area contributed by atoms with Crippen molar-refractivity contribution in [1.82, 2.24) is 0 Å². The van der Waals surface area contributed by atoms with Crippen molar-refractivity contribution in [2.45, 2.75) is 19.5 Å². The Morgan fingerprint density at radius 1 is 0.879 bits per heavy atom. The highest BCUT2D eigenvalue weighted by Gasteiger charge is 2.30. The van der Waals surface area contributed by atoms with Crippen molar-refractivity contribution in [2.24, 2.45) is 0 Å². The Hall–Kier alpha value is -3.53. The maximum Gasteiger partial charge on any atom is 0.416 e. The highest BCUT2D eigenvalue weighted by molar-refractivity contribution is 7.80. The molecule has 0 atom stereocenters. The van der Waals surface area contributed by atoms with Crippen molar-refractivity contribution < 1.29 is 26.7 Å². The molecular formula is C23H18F5N3OS. The largest absolute Gasteiger partial charge is 0.416 e. The number of benzene rings is 3. The van der Waals surface area contributed by atoms with Crippen LogP contribution in [0.3, 0.4) is 0 Å². The van der Waals surface area contributed by atoms with Crippen molar-refractivity contribution in [3.63, 3.8) is 0 Å². The SMILES string of the molecule is CCc1ccc(C(=O)Nc2ccc(F)c(F)c2)cc1NC(=S)Nc1cccc(C(F)(F)F)c1. The molecule has 0 heterocycles. The zero-order chi connectivity index (χ0) is 24.2. The number of halogens is 5. The second-order valence-electron chi connectivity index (χ2n) is 6.97. The molecular weight excluding hydrogens is 461 g/mol. The predicted molar refractivity (Wildman–Crippen MR) is 121 cm³/mol. The van der Waals surface area contributed by atoms with Gasteiger partial charge in [-0.3, -0.25) is 4.79 Å². The van der Waals surface area contributed by atoms with Gasteiger partial charge in [-0.1, -0.05) is 19.1 Å². The van der Waals surface area contributed by atoms with Crippen LogP contribution < -0.4 is 16.0 Å². The van der Waals surface area contributed by atoms with Crippen LogP contribution in [0.15, 0.2) is 60.7 Å². The summed E-state index contributed by atoms with van der Waals surface area (Å²) in [4.78, 5) is 12.6. The number of anilines is 3. The second-order valence-corrected chi connectivity index (χ2v) is 7.37. The Balaban J connectivity index is 1.76. The maximum absolute atomic E-state index is 13.4. The zero-order valence-corrected chi connectivity index (χ0v) is 18.0. The van der Waals surface area contributed by atoms with Gasteiger partial charge in [-0.15, -0.1) is 0 Å². The number of aryl methyl sites for hydroxylation is 1. The molecule has 0 saturated heterocycles. The molecule has 172 valence electrons. The molecule has 0 saturated carbocycles. The van der Waals surface area contributed by atoms with Crippen LogP contribution in [-0.2, 0) is 12.6 Å². The van der Waals surface area contributed by atoms with E-state index in [9.17, 15) is 26.7 Å². The fraction of sp³-hybridized carbons (Fsp3) is 0.130. The summed E-state index contributed by atoms with van der Waals surface area (Å²) in [5, 5.41) is 8.10. The lowest BCUT2D eigenvalue weighted by Crippen LogP contribution is -2.21. The lowest BCUT2D eigenvalue weighted by Gasteiger charge is -2.16. The molecule has 0 aliphatic rings. The minimum atomic E-state index is -4.49. The van der Waals surface area contributed by atoms with E-state index in [2.05, 4.69) is 16.0 Å². The van der Waals surface area contributed by atoms with Crippen LogP contribution in [-0.4, -0.2) is 11.0 Å². The van der Waals surface area contributed by atoms with E-state index in [0.717, 1.165) is 29.8 Å². The van der Waals surface area contributed by atoms with E-state index in [-0.39, 0.29) is 22.1 Å². The van der Waals surface area contributed by atoms with Crippen molar-refractivity contribution in [3.05, 3.63) is 89.0 Å². The van der Waals surface area contributed by atoms with E-state index >= 15 is 0 Å². The highest BCUT2D eigenvalue weighted by Crippen LogP contribution is 2.30. The lowest BCUT2D eigenvalue weighted by molar-refractivity contribution is -0.137. The van der Waals surface area contributed by atoms with Crippen LogP contribution >= 0.6 is 12.2 Å². The molecule has 0 bridgehead atoms. The Kier molecular flexibility index (Phi) is 7.27. The van der Waals surface area contributed by atoms with E-state index in [1.807, 2.05) is 6.92 Å². The number of carbonyl (C=O) groups excluding carboxylic acids is 1. The second kappa shape index (κ2) is 9.95. The first-order valence-electron chi connectivity index (χ1n) is 9.71. The van der Waals surface area contributed by atoms with Crippen LogP contribution in [0.5, 0.6) is 0 Å². The summed E-state index contributed by atoms with van der Waals surface area (Å²) in [6, 6.07) is 12.3. The van der Waals surface area contributed by atoms with Gasteiger partial charge in [-0.05, 0) is 66.7 Å². The molecule has 1 amide bonds. The van der Waals surface area contributed by atoms with Crippen LogP contribution in [0.25, 0.3) is 0 Å². The van der Waals surface area contributed by atoms with Crippen LogP contribution in [0.2, 0.25) is 0 Å². The summed E-state index contributed by atoms with van der Waals surface area (Å²) in [6.45, 7) is 1.88. The predicted octanol–water partition coefficient (Wildman–Crippen LogP) is 6.61. The van der Waals surface area contributed by atoms with Crippen molar-refractivity contribution in [2.75, 3.05) is 16.0 Å². The molecule has 0 radical (unpaired) electrons. The standard InChI is InChI=1S/C23H18F5N3OS/c1-2-13-6-7-14(21(32)29-17-8-9-18(24)19(25)12-17)10-20(13)31-22(33)30-16-5-3-4-15(11-16)23(26,27)28/h3-12H,2H2,1H3,(H,29,32)(H2,30,31,33). The number of rotatable bonds is 5. The van der Waals surface area contributed by atoms with Gasteiger partial charge in [0.15, 0.2) is 16.7 Å². The van der Waals surface area contributed by atoms with E-state index in [4.69, 9.17) is 12.2 Å². The molecule has 0 aliphatic carbocycles. The third-order valence-corrected chi connectivity index (χ3v) is 4.83. The molecule has 3 aromatic carbocycles. The molecule has 0 aliphatic heterocycles. The van der Waals surface area contributed by atoms with Gasteiger partial charge < -0.3 is 16.0 Å². The van der Waals surface area contributed by atoms with E-state index in [1.54, 1.807) is 12.1 Å². The number of hydrogen-bond acceptors (Lipinski definition) is 2.